The Morgan fingerprint density at radius 1 is 1.83 bits per heavy atom. The molecule has 4 heteroatoms. The second kappa shape index (κ2) is 3.77. The van der Waals surface area contributed by atoms with Gasteiger partial charge >= 0.3 is 0 Å². The molecular formula is C8H11N3O. The van der Waals surface area contributed by atoms with Crippen molar-refractivity contribution in [2.75, 3.05) is 6.61 Å². The van der Waals surface area contributed by atoms with E-state index >= 15 is 0 Å². The fourth-order valence-corrected chi connectivity index (χ4v) is 0.833. The van der Waals surface area contributed by atoms with E-state index in [0.29, 0.717) is 12.4 Å². The van der Waals surface area contributed by atoms with E-state index in [4.69, 9.17) is 10.00 Å². The highest BCUT2D eigenvalue weighted by Gasteiger charge is 2.04. The predicted molar refractivity (Wildman–Crippen MR) is 43.7 cm³/mol. The van der Waals surface area contributed by atoms with E-state index in [1.165, 1.54) is 0 Å². The zero-order chi connectivity index (χ0) is 8.97. The molecule has 0 N–H and O–H groups in total. The van der Waals surface area contributed by atoms with Gasteiger partial charge in [-0.25, -0.2) is 0 Å². The number of nitriles is 1. The summed E-state index contributed by atoms with van der Waals surface area (Å²) in [5, 5.41) is 12.6. The van der Waals surface area contributed by atoms with Gasteiger partial charge in [0.1, 0.15) is 6.04 Å². The van der Waals surface area contributed by atoms with Crippen LogP contribution in [0.3, 0.4) is 0 Å². The largest absolute Gasteiger partial charge is 0.491 e. The standard InChI is InChI=1S/C8H11N3O/c1-3-12-8-5-10-11(6-8)7(2)4-9/h5-7H,3H2,1-2H3. The molecule has 1 aromatic heterocycles. The monoisotopic (exact) mass is 165 g/mol. The van der Waals surface area contributed by atoms with Gasteiger partial charge in [0.15, 0.2) is 5.75 Å². The number of hydrogen-bond donors (Lipinski definition) is 0. The summed E-state index contributed by atoms with van der Waals surface area (Å²) in [5.41, 5.74) is 0. The fraction of sp³-hybridized carbons (Fsp3) is 0.500. The summed E-state index contributed by atoms with van der Waals surface area (Å²) >= 11 is 0. The Labute approximate surface area is 71.4 Å². The van der Waals surface area contributed by atoms with Crippen LogP contribution in [0.2, 0.25) is 0 Å². The first-order chi connectivity index (χ1) is 5.77. The van der Waals surface area contributed by atoms with Gasteiger partial charge in [-0.05, 0) is 13.8 Å². The van der Waals surface area contributed by atoms with Crippen LogP contribution in [-0.2, 0) is 0 Å². The third-order valence-corrected chi connectivity index (χ3v) is 1.47. The molecule has 0 spiro atoms. The third-order valence-electron chi connectivity index (χ3n) is 1.47. The van der Waals surface area contributed by atoms with Crippen molar-refractivity contribution in [3.05, 3.63) is 12.4 Å². The van der Waals surface area contributed by atoms with Gasteiger partial charge in [-0.3, -0.25) is 4.68 Å². The lowest BCUT2D eigenvalue weighted by molar-refractivity contribution is 0.339. The third kappa shape index (κ3) is 1.76. The molecule has 0 radical (unpaired) electrons. The second-order valence-corrected chi connectivity index (χ2v) is 2.39. The molecule has 1 atom stereocenters. The highest BCUT2D eigenvalue weighted by atomic mass is 16.5. The molecule has 1 aromatic rings. The number of nitrogens with zero attached hydrogens (tertiary/aromatic N) is 3. The SMILES string of the molecule is CCOc1cnn(C(C)C#N)c1. The molecule has 0 aromatic carbocycles. The van der Waals surface area contributed by atoms with Crippen molar-refractivity contribution < 1.29 is 4.74 Å². The lowest BCUT2D eigenvalue weighted by Gasteiger charge is -2.00. The van der Waals surface area contributed by atoms with Gasteiger partial charge in [-0.15, -0.1) is 0 Å². The quantitative estimate of drug-likeness (QED) is 0.679. The molecule has 1 unspecified atom stereocenters. The number of hydrogen-bond acceptors (Lipinski definition) is 3. The number of ether oxygens (including phenoxy) is 1. The van der Waals surface area contributed by atoms with Crippen LogP contribution in [0.1, 0.15) is 19.9 Å². The molecule has 1 rings (SSSR count). The van der Waals surface area contributed by atoms with Crippen LogP contribution in [-0.4, -0.2) is 16.4 Å². The molecular weight excluding hydrogens is 154 g/mol. The Morgan fingerprint density at radius 3 is 3.17 bits per heavy atom. The molecule has 0 saturated carbocycles. The maximum absolute atomic E-state index is 8.58. The number of rotatable bonds is 3. The molecule has 0 aliphatic rings. The minimum absolute atomic E-state index is 0.237. The average Bonchev–Trinajstić information content (AvgIpc) is 2.52. The van der Waals surface area contributed by atoms with Crippen LogP contribution >= 0.6 is 0 Å². The molecule has 0 aliphatic heterocycles. The van der Waals surface area contributed by atoms with Crippen LogP contribution in [0.4, 0.5) is 0 Å². The zero-order valence-corrected chi connectivity index (χ0v) is 7.19. The summed E-state index contributed by atoms with van der Waals surface area (Å²) in [6.07, 6.45) is 3.33. The van der Waals surface area contributed by atoms with Crippen molar-refractivity contribution in [1.29, 1.82) is 5.26 Å². The Kier molecular flexibility index (Phi) is 2.70. The van der Waals surface area contributed by atoms with Gasteiger partial charge in [0.05, 0.1) is 25.1 Å². The van der Waals surface area contributed by atoms with Crippen LogP contribution in [0, 0.1) is 11.3 Å². The Bertz CT molecular complexity index is 287. The van der Waals surface area contributed by atoms with Crippen molar-refractivity contribution in [2.45, 2.75) is 19.9 Å². The average molecular weight is 165 g/mol. The lowest BCUT2D eigenvalue weighted by Crippen LogP contribution is -2.02. The molecule has 0 amide bonds. The predicted octanol–water partition coefficient (Wildman–Crippen LogP) is 1.37. The normalized spacial score (nSPS) is 12.1. The molecule has 0 fully saturated rings. The van der Waals surface area contributed by atoms with E-state index < -0.39 is 0 Å². The Morgan fingerprint density at radius 2 is 2.58 bits per heavy atom. The molecule has 0 saturated heterocycles. The lowest BCUT2D eigenvalue weighted by atomic mass is 10.4. The van der Waals surface area contributed by atoms with Crippen LogP contribution in [0.15, 0.2) is 12.4 Å². The molecule has 0 aliphatic carbocycles. The van der Waals surface area contributed by atoms with Crippen molar-refractivity contribution in [1.82, 2.24) is 9.78 Å². The van der Waals surface area contributed by atoms with Crippen LogP contribution in [0.5, 0.6) is 5.75 Å². The summed E-state index contributed by atoms with van der Waals surface area (Å²) < 4.78 is 6.76. The smallest absolute Gasteiger partial charge is 0.157 e. The molecule has 1 heterocycles. The van der Waals surface area contributed by atoms with Crippen molar-refractivity contribution in [2.24, 2.45) is 0 Å². The van der Waals surface area contributed by atoms with Gasteiger partial charge in [-0.1, -0.05) is 0 Å². The first kappa shape index (κ1) is 8.60. The summed E-state index contributed by atoms with van der Waals surface area (Å²) in [5.74, 6) is 0.708. The molecule has 4 nitrogen and oxygen atoms in total. The highest BCUT2D eigenvalue weighted by Crippen LogP contribution is 2.11. The van der Waals surface area contributed by atoms with Crippen LogP contribution in [0.25, 0.3) is 0 Å². The van der Waals surface area contributed by atoms with Crippen molar-refractivity contribution in [3.8, 4) is 11.8 Å². The summed E-state index contributed by atoms with van der Waals surface area (Å²) in [7, 11) is 0. The maximum atomic E-state index is 8.58. The summed E-state index contributed by atoms with van der Waals surface area (Å²) in [6.45, 7) is 4.31. The van der Waals surface area contributed by atoms with Gasteiger partial charge in [0.25, 0.3) is 0 Å². The number of aromatic nitrogens is 2. The zero-order valence-electron chi connectivity index (χ0n) is 7.19. The molecule has 12 heavy (non-hydrogen) atoms. The van der Waals surface area contributed by atoms with Gasteiger partial charge in [-0.2, -0.15) is 10.4 Å². The van der Waals surface area contributed by atoms with E-state index in [1.807, 2.05) is 6.92 Å². The van der Waals surface area contributed by atoms with Gasteiger partial charge in [0.2, 0.25) is 0 Å². The first-order valence-corrected chi connectivity index (χ1v) is 3.84. The topological polar surface area (TPSA) is 50.8 Å². The highest BCUT2D eigenvalue weighted by molar-refractivity contribution is 5.12. The van der Waals surface area contributed by atoms with E-state index in [2.05, 4.69) is 11.2 Å². The van der Waals surface area contributed by atoms with Gasteiger partial charge in [0, 0.05) is 0 Å². The maximum Gasteiger partial charge on any atom is 0.157 e. The minimum atomic E-state index is -0.237. The summed E-state index contributed by atoms with van der Waals surface area (Å²) in [4.78, 5) is 0. The van der Waals surface area contributed by atoms with Crippen LogP contribution < -0.4 is 4.74 Å². The summed E-state index contributed by atoms with van der Waals surface area (Å²) in [6, 6.07) is 1.84. The van der Waals surface area contributed by atoms with E-state index in [0.717, 1.165) is 0 Å². The molecule has 64 valence electrons. The van der Waals surface area contributed by atoms with Crippen molar-refractivity contribution >= 4 is 0 Å². The Hall–Kier alpha value is -1.50. The van der Waals surface area contributed by atoms with Crippen molar-refractivity contribution in [3.63, 3.8) is 0 Å². The second-order valence-electron chi connectivity index (χ2n) is 2.39. The van der Waals surface area contributed by atoms with Gasteiger partial charge < -0.3 is 4.74 Å². The fourth-order valence-electron chi connectivity index (χ4n) is 0.833. The minimum Gasteiger partial charge on any atom is -0.491 e. The van der Waals surface area contributed by atoms with E-state index in [1.54, 1.807) is 24.0 Å². The first-order valence-electron chi connectivity index (χ1n) is 3.84. The Balaban J connectivity index is 2.71. The van der Waals surface area contributed by atoms with E-state index in [9.17, 15) is 0 Å². The van der Waals surface area contributed by atoms with E-state index in [-0.39, 0.29) is 6.04 Å². The molecule has 0 bridgehead atoms.